The maximum absolute atomic E-state index is 12.4. The molecule has 0 atom stereocenters. The second-order valence-electron chi connectivity index (χ2n) is 5.38. The first kappa shape index (κ1) is 14.3. The summed E-state index contributed by atoms with van der Waals surface area (Å²) in [7, 11) is 0. The van der Waals surface area contributed by atoms with Gasteiger partial charge in [-0.2, -0.15) is 0 Å². The van der Waals surface area contributed by atoms with E-state index in [1.807, 2.05) is 42.5 Å². The summed E-state index contributed by atoms with van der Waals surface area (Å²) >= 11 is 0. The smallest absolute Gasteiger partial charge is 0.252 e. The van der Waals surface area contributed by atoms with Gasteiger partial charge in [-0.25, -0.2) is 0 Å². The van der Waals surface area contributed by atoms with E-state index in [4.69, 9.17) is 0 Å². The van der Waals surface area contributed by atoms with Gasteiger partial charge in [0.1, 0.15) is 0 Å². The van der Waals surface area contributed by atoms with Gasteiger partial charge < -0.3 is 5.32 Å². The summed E-state index contributed by atoms with van der Waals surface area (Å²) in [5, 5.41) is 5.08. The van der Waals surface area contributed by atoms with E-state index < -0.39 is 0 Å². The highest BCUT2D eigenvalue weighted by molar-refractivity contribution is 6.06. The molecule has 3 aromatic rings. The van der Waals surface area contributed by atoms with Crippen LogP contribution in [0.4, 0.5) is 0 Å². The molecule has 0 aliphatic carbocycles. The van der Waals surface area contributed by atoms with Crippen molar-refractivity contribution in [1.82, 2.24) is 5.32 Å². The molecule has 0 saturated carbocycles. The van der Waals surface area contributed by atoms with E-state index in [0.29, 0.717) is 6.54 Å². The fourth-order valence-electron chi connectivity index (χ4n) is 2.59. The standard InChI is InChI=1S/C20H19NO/c1-2-15-10-12-16(13-11-15)14-21-20(22)19-9-5-7-17-6-3-4-8-18(17)19/h3-13H,2,14H2,1H3,(H,21,22). The summed E-state index contributed by atoms with van der Waals surface area (Å²) in [5.41, 5.74) is 3.15. The van der Waals surface area contributed by atoms with E-state index in [1.165, 1.54) is 5.56 Å². The van der Waals surface area contributed by atoms with Gasteiger partial charge >= 0.3 is 0 Å². The van der Waals surface area contributed by atoms with Crippen molar-refractivity contribution in [2.75, 3.05) is 0 Å². The topological polar surface area (TPSA) is 29.1 Å². The molecule has 3 rings (SSSR count). The number of hydrogen-bond acceptors (Lipinski definition) is 1. The normalized spacial score (nSPS) is 10.6. The number of amides is 1. The van der Waals surface area contributed by atoms with Crippen LogP contribution in [0.1, 0.15) is 28.4 Å². The van der Waals surface area contributed by atoms with E-state index in [-0.39, 0.29) is 5.91 Å². The lowest BCUT2D eigenvalue weighted by molar-refractivity contribution is 0.0952. The zero-order chi connectivity index (χ0) is 15.4. The molecule has 2 heteroatoms. The van der Waals surface area contributed by atoms with Crippen LogP contribution in [0.3, 0.4) is 0 Å². The van der Waals surface area contributed by atoms with Crippen LogP contribution in [0.15, 0.2) is 66.7 Å². The van der Waals surface area contributed by atoms with E-state index in [1.54, 1.807) is 0 Å². The number of carbonyl (C=O) groups excluding carboxylic acids is 1. The second kappa shape index (κ2) is 6.44. The van der Waals surface area contributed by atoms with Crippen LogP contribution < -0.4 is 5.32 Å². The van der Waals surface area contributed by atoms with Crippen LogP contribution in [0.5, 0.6) is 0 Å². The van der Waals surface area contributed by atoms with E-state index in [0.717, 1.165) is 28.3 Å². The van der Waals surface area contributed by atoms with Crippen molar-refractivity contribution in [1.29, 1.82) is 0 Å². The zero-order valence-corrected chi connectivity index (χ0v) is 12.7. The van der Waals surface area contributed by atoms with Crippen molar-refractivity contribution >= 4 is 16.7 Å². The molecule has 0 unspecified atom stereocenters. The van der Waals surface area contributed by atoms with Gasteiger partial charge in [-0.05, 0) is 34.4 Å². The third-order valence-electron chi connectivity index (χ3n) is 3.92. The predicted octanol–water partition coefficient (Wildman–Crippen LogP) is 4.33. The minimum Gasteiger partial charge on any atom is -0.348 e. The van der Waals surface area contributed by atoms with Crippen molar-refractivity contribution in [2.45, 2.75) is 19.9 Å². The highest BCUT2D eigenvalue weighted by Crippen LogP contribution is 2.18. The van der Waals surface area contributed by atoms with Gasteiger partial charge in [0.05, 0.1) is 0 Å². The minimum atomic E-state index is -0.0311. The molecule has 3 aromatic carbocycles. The SMILES string of the molecule is CCc1ccc(CNC(=O)c2cccc3ccccc23)cc1. The van der Waals surface area contributed by atoms with Crippen LogP contribution in [-0.2, 0) is 13.0 Å². The number of benzene rings is 3. The van der Waals surface area contributed by atoms with Gasteiger partial charge in [-0.3, -0.25) is 4.79 Å². The maximum atomic E-state index is 12.4. The quantitative estimate of drug-likeness (QED) is 0.761. The van der Waals surface area contributed by atoms with Gasteiger partial charge in [0.2, 0.25) is 0 Å². The van der Waals surface area contributed by atoms with Crippen molar-refractivity contribution < 1.29 is 4.79 Å². The lowest BCUT2D eigenvalue weighted by atomic mass is 10.0. The molecule has 2 nitrogen and oxygen atoms in total. The lowest BCUT2D eigenvalue weighted by Crippen LogP contribution is -2.23. The molecule has 110 valence electrons. The Kier molecular flexibility index (Phi) is 4.19. The van der Waals surface area contributed by atoms with E-state index in [9.17, 15) is 4.79 Å². The molecule has 0 fully saturated rings. The van der Waals surface area contributed by atoms with E-state index >= 15 is 0 Å². The van der Waals surface area contributed by atoms with Crippen LogP contribution in [0.25, 0.3) is 10.8 Å². The van der Waals surface area contributed by atoms with Gasteiger partial charge in [-0.1, -0.05) is 67.6 Å². The first-order valence-electron chi connectivity index (χ1n) is 7.61. The number of nitrogens with one attached hydrogen (secondary N) is 1. The van der Waals surface area contributed by atoms with Crippen LogP contribution >= 0.6 is 0 Å². The molecule has 1 amide bonds. The molecule has 1 N–H and O–H groups in total. The van der Waals surface area contributed by atoms with Gasteiger partial charge in [0, 0.05) is 12.1 Å². The molecule has 0 bridgehead atoms. The summed E-state index contributed by atoms with van der Waals surface area (Å²) in [6, 6.07) is 22.1. The molecule has 0 aliphatic rings. The minimum absolute atomic E-state index is 0.0311. The number of fused-ring (bicyclic) bond motifs is 1. The van der Waals surface area contributed by atoms with Gasteiger partial charge in [0.15, 0.2) is 0 Å². The fraction of sp³-hybridized carbons (Fsp3) is 0.150. The van der Waals surface area contributed by atoms with Crippen molar-refractivity contribution in [3.8, 4) is 0 Å². The monoisotopic (exact) mass is 289 g/mol. The molecule has 0 spiro atoms. The third kappa shape index (κ3) is 3.01. The van der Waals surface area contributed by atoms with Crippen molar-refractivity contribution in [2.24, 2.45) is 0 Å². The molecule has 0 radical (unpaired) electrons. The Morgan fingerprint density at radius 2 is 1.55 bits per heavy atom. The number of rotatable bonds is 4. The van der Waals surface area contributed by atoms with Crippen LogP contribution in [-0.4, -0.2) is 5.91 Å². The molecule has 0 aliphatic heterocycles. The summed E-state index contributed by atoms with van der Waals surface area (Å²) in [4.78, 5) is 12.4. The molecular weight excluding hydrogens is 270 g/mol. The number of carbonyl (C=O) groups is 1. The fourth-order valence-corrected chi connectivity index (χ4v) is 2.59. The molecular formula is C20H19NO. The van der Waals surface area contributed by atoms with Crippen molar-refractivity contribution in [3.05, 3.63) is 83.4 Å². The average Bonchev–Trinajstić information content (AvgIpc) is 2.59. The summed E-state index contributed by atoms with van der Waals surface area (Å²) in [5.74, 6) is -0.0311. The first-order valence-corrected chi connectivity index (χ1v) is 7.61. The third-order valence-corrected chi connectivity index (χ3v) is 3.92. The molecule has 0 heterocycles. The second-order valence-corrected chi connectivity index (χ2v) is 5.38. The lowest BCUT2D eigenvalue weighted by Gasteiger charge is -2.08. The average molecular weight is 289 g/mol. The Morgan fingerprint density at radius 3 is 2.32 bits per heavy atom. The van der Waals surface area contributed by atoms with Crippen LogP contribution in [0.2, 0.25) is 0 Å². The summed E-state index contributed by atoms with van der Waals surface area (Å²) in [6.07, 6.45) is 1.03. The van der Waals surface area contributed by atoms with Gasteiger partial charge in [-0.15, -0.1) is 0 Å². The Balaban J connectivity index is 1.75. The first-order chi connectivity index (χ1) is 10.8. The van der Waals surface area contributed by atoms with Crippen molar-refractivity contribution in [3.63, 3.8) is 0 Å². The van der Waals surface area contributed by atoms with Gasteiger partial charge in [0.25, 0.3) is 5.91 Å². The molecule has 0 aromatic heterocycles. The van der Waals surface area contributed by atoms with E-state index in [2.05, 4.69) is 36.5 Å². The highest BCUT2D eigenvalue weighted by atomic mass is 16.1. The molecule has 0 saturated heterocycles. The Morgan fingerprint density at radius 1 is 0.864 bits per heavy atom. The maximum Gasteiger partial charge on any atom is 0.252 e. The Hall–Kier alpha value is -2.61. The number of hydrogen-bond donors (Lipinski definition) is 1. The molecule has 22 heavy (non-hydrogen) atoms. The number of aryl methyl sites for hydroxylation is 1. The Bertz CT molecular complexity index is 785. The van der Waals surface area contributed by atoms with Crippen LogP contribution in [0, 0.1) is 0 Å². The summed E-state index contributed by atoms with van der Waals surface area (Å²) in [6.45, 7) is 2.68. The highest BCUT2D eigenvalue weighted by Gasteiger charge is 2.09. The predicted molar refractivity (Wildman–Crippen MR) is 90.9 cm³/mol. The Labute approximate surface area is 130 Å². The summed E-state index contributed by atoms with van der Waals surface area (Å²) < 4.78 is 0. The largest absolute Gasteiger partial charge is 0.348 e. The zero-order valence-electron chi connectivity index (χ0n) is 12.7.